The van der Waals surface area contributed by atoms with Crippen molar-refractivity contribution in [2.75, 3.05) is 0 Å². The summed E-state index contributed by atoms with van der Waals surface area (Å²) < 4.78 is 0. The molecule has 0 fully saturated rings. The normalized spacial score (nSPS) is 10.6. The van der Waals surface area contributed by atoms with Crippen LogP contribution in [-0.4, -0.2) is 11.2 Å². The highest BCUT2D eigenvalue weighted by Crippen LogP contribution is 1.98. The van der Waals surface area contributed by atoms with Gasteiger partial charge in [0.05, 0.1) is 6.21 Å². The first-order valence-corrected chi connectivity index (χ1v) is 3.55. The van der Waals surface area contributed by atoms with Crippen LogP contribution in [0.4, 0.5) is 0 Å². The van der Waals surface area contributed by atoms with Crippen LogP contribution in [0.15, 0.2) is 23.4 Å². The van der Waals surface area contributed by atoms with E-state index in [0.717, 1.165) is 17.7 Å². The predicted molar refractivity (Wildman–Crippen MR) is 45.4 cm³/mol. The highest BCUT2D eigenvalue weighted by atomic mass is 15.1. The molecule has 3 heteroatoms. The maximum Gasteiger partial charge on any atom is 0.0539 e. The Labute approximate surface area is 66.0 Å². The van der Waals surface area contributed by atoms with Gasteiger partial charge in [0.15, 0.2) is 0 Å². The van der Waals surface area contributed by atoms with E-state index in [2.05, 4.69) is 17.0 Å². The third-order valence-corrected chi connectivity index (χ3v) is 1.43. The van der Waals surface area contributed by atoms with Crippen molar-refractivity contribution in [3.05, 3.63) is 29.6 Å². The van der Waals surface area contributed by atoms with E-state index >= 15 is 0 Å². The number of aryl methyl sites for hydroxylation is 1. The Morgan fingerprint density at radius 1 is 1.73 bits per heavy atom. The van der Waals surface area contributed by atoms with Gasteiger partial charge in [0, 0.05) is 11.9 Å². The molecule has 1 aromatic heterocycles. The van der Waals surface area contributed by atoms with Crippen molar-refractivity contribution in [3.8, 4) is 0 Å². The molecule has 0 spiro atoms. The molecule has 0 amide bonds. The summed E-state index contributed by atoms with van der Waals surface area (Å²) in [6.45, 7) is 2.06. The van der Waals surface area contributed by atoms with E-state index in [1.54, 1.807) is 12.4 Å². The maximum absolute atomic E-state index is 5.00. The minimum atomic E-state index is 0.937. The van der Waals surface area contributed by atoms with E-state index in [1.807, 2.05) is 12.1 Å². The summed E-state index contributed by atoms with van der Waals surface area (Å²) in [5, 5.41) is 3.43. The van der Waals surface area contributed by atoms with Gasteiger partial charge < -0.3 is 5.84 Å². The van der Waals surface area contributed by atoms with E-state index in [-0.39, 0.29) is 0 Å². The fourth-order valence-corrected chi connectivity index (χ4v) is 0.857. The average molecular weight is 149 g/mol. The van der Waals surface area contributed by atoms with Crippen LogP contribution in [0.3, 0.4) is 0 Å². The summed E-state index contributed by atoms with van der Waals surface area (Å²) in [6.07, 6.45) is 4.31. The second-order valence-corrected chi connectivity index (χ2v) is 2.21. The van der Waals surface area contributed by atoms with Crippen LogP contribution >= 0.6 is 0 Å². The minimum Gasteiger partial charge on any atom is -0.323 e. The molecule has 1 aromatic rings. The van der Waals surface area contributed by atoms with Crippen LogP contribution in [0, 0.1) is 0 Å². The van der Waals surface area contributed by atoms with E-state index in [4.69, 9.17) is 5.84 Å². The largest absolute Gasteiger partial charge is 0.323 e. The molecule has 0 aliphatic heterocycles. The number of nitrogens with zero attached hydrogens (tertiary/aromatic N) is 2. The molecule has 3 nitrogen and oxygen atoms in total. The molecule has 0 aromatic carbocycles. The van der Waals surface area contributed by atoms with Crippen molar-refractivity contribution in [1.82, 2.24) is 4.98 Å². The minimum absolute atomic E-state index is 0.937. The topological polar surface area (TPSA) is 51.3 Å². The first-order valence-electron chi connectivity index (χ1n) is 3.55. The van der Waals surface area contributed by atoms with Gasteiger partial charge in [-0.1, -0.05) is 6.92 Å². The van der Waals surface area contributed by atoms with Gasteiger partial charge in [0.2, 0.25) is 0 Å². The Hall–Kier alpha value is -1.38. The van der Waals surface area contributed by atoms with Gasteiger partial charge in [-0.05, 0) is 24.1 Å². The summed E-state index contributed by atoms with van der Waals surface area (Å²) >= 11 is 0. The molecule has 0 bridgehead atoms. The number of pyridine rings is 1. The fraction of sp³-hybridized carbons (Fsp3) is 0.250. The molecule has 1 heterocycles. The number of hydrogen-bond acceptors (Lipinski definition) is 3. The molecule has 0 aliphatic rings. The van der Waals surface area contributed by atoms with Crippen LogP contribution in [0.25, 0.3) is 0 Å². The summed E-state index contributed by atoms with van der Waals surface area (Å²) in [5.74, 6) is 5.00. The summed E-state index contributed by atoms with van der Waals surface area (Å²) in [4.78, 5) is 4.14. The highest BCUT2D eigenvalue weighted by molar-refractivity contribution is 5.79. The van der Waals surface area contributed by atoms with Crippen molar-refractivity contribution in [1.29, 1.82) is 0 Å². The van der Waals surface area contributed by atoms with Crippen LogP contribution in [-0.2, 0) is 6.42 Å². The first-order chi connectivity index (χ1) is 5.36. The molecule has 0 radical (unpaired) electrons. The molecule has 0 saturated heterocycles. The maximum atomic E-state index is 5.00. The Morgan fingerprint density at radius 2 is 2.55 bits per heavy atom. The van der Waals surface area contributed by atoms with Gasteiger partial charge in [-0.3, -0.25) is 4.98 Å². The zero-order chi connectivity index (χ0) is 8.10. The molecule has 0 saturated carbocycles. The monoisotopic (exact) mass is 149 g/mol. The highest BCUT2D eigenvalue weighted by Gasteiger charge is 1.90. The molecule has 0 atom stereocenters. The van der Waals surface area contributed by atoms with Crippen LogP contribution < -0.4 is 5.84 Å². The predicted octanol–water partition coefficient (Wildman–Crippen LogP) is 0.937. The lowest BCUT2D eigenvalue weighted by Crippen LogP contribution is -1.91. The second-order valence-electron chi connectivity index (χ2n) is 2.21. The summed E-state index contributed by atoms with van der Waals surface area (Å²) in [6, 6.07) is 3.84. The molecular weight excluding hydrogens is 138 g/mol. The Bertz CT molecular complexity index is 255. The average Bonchev–Trinajstić information content (AvgIpc) is 2.06. The fourth-order valence-electron chi connectivity index (χ4n) is 0.857. The van der Waals surface area contributed by atoms with Crippen LogP contribution in [0.5, 0.6) is 0 Å². The molecular formula is C8H11N3. The molecule has 2 N–H and O–H groups in total. The van der Waals surface area contributed by atoms with E-state index < -0.39 is 0 Å². The van der Waals surface area contributed by atoms with Crippen LogP contribution in [0.2, 0.25) is 0 Å². The number of nitrogens with two attached hydrogens (primary N) is 1. The zero-order valence-electron chi connectivity index (χ0n) is 6.49. The van der Waals surface area contributed by atoms with Crippen molar-refractivity contribution in [2.24, 2.45) is 10.9 Å². The second kappa shape index (κ2) is 3.71. The lowest BCUT2D eigenvalue weighted by molar-refractivity contribution is 1.03. The van der Waals surface area contributed by atoms with Crippen LogP contribution in [0.1, 0.15) is 18.2 Å². The first kappa shape index (κ1) is 7.72. The summed E-state index contributed by atoms with van der Waals surface area (Å²) in [7, 11) is 0. The van der Waals surface area contributed by atoms with E-state index in [9.17, 15) is 0 Å². The number of hydrogen-bond donors (Lipinski definition) is 1. The molecule has 11 heavy (non-hydrogen) atoms. The standard InChI is InChI=1S/C8H11N3/c1-2-8-5-7(6-11-9)3-4-10-8/h3-6H,2,9H2,1H3/b11-6+. The van der Waals surface area contributed by atoms with Crippen molar-refractivity contribution >= 4 is 6.21 Å². The molecule has 0 unspecified atom stereocenters. The van der Waals surface area contributed by atoms with Gasteiger partial charge in [-0.15, -0.1) is 0 Å². The number of aromatic nitrogens is 1. The lowest BCUT2D eigenvalue weighted by Gasteiger charge is -1.95. The Balaban J connectivity index is 2.91. The van der Waals surface area contributed by atoms with Crippen molar-refractivity contribution in [2.45, 2.75) is 13.3 Å². The third kappa shape index (κ3) is 2.04. The summed E-state index contributed by atoms with van der Waals surface area (Å²) in [5.41, 5.74) is 2.06. The van der Waals surface area contributed by atoms with E-state index in [0.29, 0.717) is 0 Å². The van der Waals surface area contributed by atoms with Gasteiger partial charge in [-0.25, -0.2) is 0 Å². The SMILES string of the molecule is CCc1cc(/C=N/N)ccn1. The van der Waals surface area contributed by atoms with Gasteiger partial charge in [0.1, 0.15) is 0 Å². The van der Waals surface area contributed by atoms with Crippen molar-refractivity contribution in [3.63, 3.8) is 0 Å². The Kier molecular flexibility index (Phi) is 2.60. The zero-order valence-corrected chi connectivity index (χ0v) is 6.49. The molecule has 58 valence electrons. The quantitative estimate of drug-likeness (QED) is 0.386. The number of rotatable bonds is 2. The van der Waals surface area contributed by atoms with Gasteiger partial charge in [0.25, 0.3) is 0 Å². The Morgan fingerprint density at radius 3 is 3.18 bits per heavy atom. The van der Waals surface area contributed by atoms with Crippen molar-refractivity contribution < 1.29 is 0 Å². The smallest absolute Gasteiger partial charge is 0.0539 e. The number of hydrazone groups is 1. The molecule has 0 aliphatic carbocycles. The molecule has 1 rings (SSSR count). The lowest BCUT2D eigenvalue weighted by atomic mass is 10.2. The van der Waals surface area contributed by atoms with Gasteiger partial charge >= 0.3 is 0 Å². The van der Waals surface area contributed by atoms with Gasteiger partial charge in [-0.2, -0.15) is 5.10 Å². The van der Waals surface area contributed by atoms with E-state index in [1.165, 1.54) is 0 Å². The third-order valence-electron chi connectivity index (χ3n) is 1.43.